The van der Waals surface area contributed by atoms with Gasteiger partial charge in [0.2, 0.25) is 5.75 Å². The summed E-state index contributed by atoms with van der Waals surface area (Å²) >= 11 is 0. The van der Waals surface area contributed by atoms with Gasteiger partial charge in [-0.05, 0) is 25.0 Å². The van der Waals surface area contributed by atoms with Gasteiger partial charge >= 0.3 is 0 Å². The first-order valence-corrected chi connectivity index (χ1v) is 10.3. The molecule has 0 saturated heterocycles. The highest BCUT2D eigenvalue weighted by atomic mass is 16.5. The molecule has 1 rings (SSSR count). The molecule has 0 unspecified atom stereocenters. The molecule has 143 valence electrons. The van der Waals surface area contributed by atoms with E-state index in [1.165, 1.54) is 64.2 Å². The van der Waals surface area contributed by atoms with E-state index in [0.717, 1.165) is 18.6 Å². The SMILES string of the molecule is CCCCCCCCOc1ccc([O])c(OCCCCCCCC)c1. The molecule has 0 aliphatic heterocycles. The lowest BCUT2D eigenvalue weighted by Crippen LogP contribution is -2.00. The maximum Gasteiger partial charge on any atom is 0.220 e. The fourth-order valence-corrected chi connectivity index (χ4v) is 2.83. The lowest BCUT2D eigenvalue weighted by molar-refractivity contribution is 0.262. The molecule has 1 radical (unpaired) electrons. The van der Waals surface area contributed by atoms with Gasteiger partial charge in [-0.3, -0.25) is 5.11 Å². The maximum absolute atomic E-state index is 11.9. The molecule has 0 saturated carbocycles. The fraction of sp³-hybridized carbons (Fsp3) is 0.727. The highest BCUT2D eigenvalue weighted by Crippen LogP contribution is 2.31. The minimum Gasteiger partial charge on any atom is -0.493 e. The summed E-state index contributed by atoms with van der Waals surface area (Å²) in [4.78, 5) is 0. The van der Waals surface area contributed by atoms with Crippen LogP contribution >= 0.6 is 0 Å². The molecular formula is C22H37O3. The molecule has 0 heterocycles. The van der Waals surface area contributed by atoms with Gasteiger partial charge in [-0.15, -0.1) is 0 Å². The van der Waals surface area contributed by atoms with Crippen molar-refractivity contribution in [2.45, 2.75) is 90.9 Å². The van der Waals surface area contributed by atoms with E-state index < -0.39 is 0 Å². The van der Waals surface area contributed by atoms with Crippen LogP contribution in [0.5, 0.6) is 17.2 Å². The highest BCUT2D eigenvalue weighted by molar-refractivity contribution is 5.44. The van der Waals surface area contributed by atoms with Crippen molar-refractivity contribution in [1.29, 1.82) is 0 Å². The lowest BCUT2D eigenvalue weighted by Gasteiger charge is -2.10. The first-order chi connectivity index (χ1) is 12.3. The summed E-state index contributed by atoms with van der Waals surface area (Å²) < 4.78 is 11.4. The van der Waals surface area contributed by atoms with Crippen LogP contribution in [0.15, 0.2) is 18.2 Å². The van der Waals surface area contributed by atoms with Crippen LogP contribution in [0.25, 0.3) is 0 Å². The summed E-state index contributed by atoms with van der Waals surface area (Å²) in [5.74, 6) is 1.11. The molecule has 3 heteroatoms. The van der Waals surface area contributed by atoms with E-state index in [4.69, 9.17) is 9.47 Å². The summed E-state index contributed by atoms with van der Waals surface area (Å²) in [5, 5.41) is 11.9. The molecule has 25 heavy (non-hydrogen) atoms. The predicted molar refractivity (Wildman–Crippen MR) is 104 cm³/mol. The van der Waals surface area contributed by atoms with Crippen molar-refractivity contribution < 1.29 is 14.6 Å². The largest absolute Gasteiger partial charge is 0.493 e. The van der Waals surface area contributed by atoms with E-state index in [1.54, 1.807) is 18.2 Å². The standard InChI is InChI=1S/C22H37O3/c1-3-5-7-9-11-13-17-24-20-15-16-21(23)22(19-20)25-18-14-12-10-8-6-4-2/h15-16,19H,3-14,17-18H2,1-2H3. The number of benzene rings is 1. The topological polar surface area (TPSA) is 38.4 Å². The summed E-state index contributed by atoms with van der Waals surface area (Å²) in [6.07, 6.45) is 14.8. The number of ether oxygens (including phenoxy) is 2. The van der Waals surface area contributed by atoms with E-state index in [9.17, 15) is 5.11 Å². The zero-order valence-electron chi connectivity index (χ0n) is 16.4. The Morgan fingerprint density at radius 2 is 1.20 bits per heavy atom. The summed E-state index contributed by atoms with van der Waals surface area (Å²) in [5.41, 5.74) is 0. The molecule has 1 aromatic carbocycles. The van der Waals surface area contributed by atoms with Gasteiger partial charge in [0.15, 0.2) is 5.75 Å². The Balaban J connectivity index is 2.19. The van der Waals surface area contributed by atoms with Crippen LogP contribution in [-0.4, -0.2) is 13.2 Å². The van der Waals surface area contributed by atoms with E-state index in [-0.39, 0.29) is 5.75 Å². The van der Waals surface area contributed by atoms with Crippen LogP contribution in [0.1, 0.15) is 90.9 Å². The molecule has 0 aliphatic rings. The van der Waals surface area contributed by atoms with Gasteiger partial charge < -0.3 is 9.47 Å². The van der Waals surface area contributed by atoms with E-state index in [0.29, 0.717) is 19.0 Å². The number of unbranched alkanes of at least 4 members (excludes halogenated alkanes) is 10. The minimum atomic E-state index is -0.0575. The lowest BCUT2D eigenvalue weighted by atomic mass is 10.1. The second-order valence-electron chi connectivity index (χ2n) is 6.84. The monoisotopic (exact) mass is 349 g/mol. The third-order valence-electron chi connectivity index (χ3n) is 4.44. The molecule has 3 nitrogen and oxygen atoms in total. The van der Waals surface area contributed by atoms with Crippen molar-refractivity contribution in [3.63, 3.8) is 0 Å². The van der Waals surface area contributed by atoms with Crippen molar-refractivity contribution in [2.75, 3.05) is 13.2 Å². The van der Waals surface area contributed by atoms with Gasteiger partial charge in [-0.25, -0.2) is 0 Å². The third kappa shape index (κ3) is 11.0. The van der Waals surface area contributed by atoms with Gasteiger partial charge in [0.1, 0.15) is 5.75 Å². The molecule has 1 aromatic rings. The molecule has 0 bridgehead atoms. The van der Waals surface area contributed by atoms with Crippen molar-refractivity contribution in [2.24, 2.45) is 0 Å². The number of hydrogen-bond acceptors (Lipinski definition) is 2. The Hall–Kier alpha value is -1.38. The zero-order valence-corrected chi connectivity index (χ0v) is 16.4. The molecule has 0 aliphatic carbocycles. The summed E-state index contributed by atoms with van der Waals surface area (Å²) in [6.45, 7) is 5.78. The first kappa shape index (κ1) is 21.7. The van der Waals surface area contributed by atoms with E-state index in [2.05, 4.69) is 13.8 Å². The Morgan fingerprint density at radius 3 is 1.80 bits per heavy atom. The zero-order chi connectivity index (χ0) is 18.2. The quantitative estimate of drug-likeness (QED) is 0.293. The minimum absolute atomic E-state index is 0.0575. The van der Waals surface area contributed by atoms with Crippen molar-refractivity contribution >= 4 is 0 Å². The Kier molecular flexibility index (Phi) is 12.9. The van der Waals surface area contributed by atoms with Crippen LogP contribution in [-0.2, 0) is 5.11 Å². The number of rotatable bonds is 16. The number of hydrogen-bond donors (Lipinski definition) is 0. The van der Waals surface area contributed by atoms with Crippen LogP contribution < -0.4 is 9.47 Å². The average Bonchev–Trinajstić information content (AvgIpc) is 2.62. The molecule has 0 amide bonds. The summed E-state index contributed by atoms with van der Waals surface area (Å²) in [6, 6.07) is 5.04. The van der Waals surface area contributed by atoms with Gasteiger partial charge in [0, 0.05) is 6.07 Å². The van der Waals surface area contributed by atoms with Crippen LogP contribution in [0, 0.1) is 0 Å². The molecule has 0 fully saturated rings. The summed E-state index contributed by atoms with van der Waals surface area (Å²) in [7, 11) is 0. The Labute approximate surface area is 154 Å². The van der Waals surface area contributed by atoms with Gasteiger partial charge in [0.05, 0.1) is 13.2 Å². The van der Waals surface area contributed by atoms with Crippen molar-refractivity contribution in [1.82, 2.24) is 0 Å². The molecule has 0 aromatic heterocycles. The first-order valence-electron chi connectivity index (χ1n) is 10.3. The molecule has 0 atom stereocenters. The fourth-order valence-electron chi connectivity index (χ4n) is 2.83. The second kappa shape index (κ2) is 14.9. The van der Waals surface area contributed by atoms with E-state index >= 15 is 0 Å². The van der Waals surface area contributed by atoms with Crippen molar-refractivity contribution in [3.8, 4) is 17.2 Å². The van der Waals surface area contributed by atoms with Crippen LogP contribution in [0.2, 0.25) is 0 Å². The average molecular weight is 350 g/mol. The van der Waals surface area contributed by atoms with Gasteiger partial charge in [0.25, 0.3) is 0 Å². The van der Waals surface area contributed by atoms with Crippen LogP contribution in [0.3, 0.4) is 0 Å². The van der Waals surface area contributed by atoms with Crippen LogP contribution in [0.4, 0.5) is 0 Å². The third-order valence-corrected chi connectivity index (χ3v) is 4.44. The maximum atomic E-state index is 11.9. The smallest absolute Gasteiger partial charge is 0.220 e. The normalized spacial score (nSPS) is 10.8. The van der Waals surface area contributed by atoms with Gasteiger partial charge in [-0.1, -0.05) is 78.1 Å². The van der Waals surface area contributed by atoms with E-state index in [1.807, 2.05) is 0 Å². The Morgan fingerprint density at radius 1 is 0.680 bits per heavy atom. The second-order valence-corrected chi connectivity index (χ2v) is 6.84. The Bertz CT molecular complexity index is 431. The molecular weight excluding hydrogens is 312 g/mol. The molecule has 0 spiro atoms. The van der Waals surface area contributed by atoms with Crippen molar-refractivity contribution in [3.05, 3.63) is 18.2 Å². The molecule has 0 N–H and O–H groups in total. The highest BCUT2D eigenvalue weighted by Gasteiger charge is 2.07. The van der Waals surface area contributed by atoms with Gasteiger partial charge in [-0.2, -0.15) is 0 Å². The predicted octanol–water partition coefficient (Wildman–Crippen LogP) is 7.31.